The van der Waals surface area contributed by atoms with Gasteiger partial charge < -0.3 is 29.5 Å². The number of rotatable bonds is 5. The Hall–Kier alpha value is -4.67. The first-order valence-electron chi connectivity index (χ1n) is 13.8. The Morgan fingerprint density at radius 2 is 1.80 bits per heavy atom. The second-order valence-corrected chi connectivity index (χ2v) is 10.4. The van der Waals surface area contributed by atoms with Crippen molar-refractivity contribution in [3.05, 3.63) is 71.7 Å². The molecule has 1 N–H and O–H groups in total. The molecule has 0 saturated carbocycles. The zero-order valence-electron chi connectivity index (χ0n) is 23.1. The third-order valence-electron chi connectivity index (χ3n) is 8.24. The van der Waals surface area contributed by atoms with Crippen molar-refractivity contribution in [2.45, 2.75) is 31.2 Å². The van der Waals surface area contributed by atoms with Gasteiger partial charge in [-0.05, 0) is 54.7 Å². The number of urea groups is 1. The molecular formula is C30H32N6O5. The van der Waals surface area contributed by atoms with E-state index in [4.69, 9.17) is 9.47 Å². The quantitative estimate of drug-likeness (QED) is 0.475. The molecule has 1 fully saturated rings. The molecule has 1 atom stereocenters. The van der Waals surface area contributed by atoms with E-state index in [2.05, 4.69) is 20.2 Å². The van der Waals surface area contributed by atoms with Crippen LogP contribution in [0.4, 0.5) is 22.0 Å². The fourth-order valence-corrected chi connectivity index (χ4v) is 6.03. The van der Waals surface area contributed by atoms with Gasteiger partial charge in [0.2, 0.25) is 0 Å². The lowest BCUT2D eigenvalue weighted by molar-refractivity contribution is -0.142. The van der Waals surface area contributed by atoms with E-state index in [0.717, 1.165) is 41.8 Å². The first-order valence-corrected chi connectivity index (χ1v) is 13.8. The standard InChI is InChI=1S/C30H32N6O5/c1-40-21-7-8-24-19(15-21)9-14-35(30(39)33-24)20-10-12-34(13-11-20)27-16-25(31-18-32-27)28(37)36-17-23(29(38)41-2)22-5-3-4-6-26(22)36/h3-8,15-16,18,20,23H,9-14,17H2,1-2H3,(H,33,39). The summed E-state index contributed by atoms with van der Waals surface area (Å²) < 4.78 is 10.3. The molecule has 11 nitrogen and oxygen atoms in total. The van der Waals surface area contributed by atoms with Crippen molar-refractivity contribution < 1.29 is 23.9 Å². The van der Waals surface area contributed by atoms with Crippen LogP contribution in [0.1, 0.15) is 40.4 Å². The van der Waals surface area contributed by atoms with Crippen LogP contribution in [0.25, 0.3) is 0 Å². The molecule has 0 radical (unpaired) electrons. The van der Waals surface area contributed by atoms with E-state index in [0.29, 0.717) is 31.1 Å². The Morgan fingerprint density at radius 1 is 1.00 bits per heavy atom. The van der Waals surface area contributed by atoms with Gasteiger partial charge in [0, 0.05) is 49.7 Å². The van der Waals surface area contributed by atoms with E-state index in [-0.39, 0.29) is 36.2 Å². The third-order valence-corrected chi connectivity index (χ3v) is 8.24. The fraction of sp³-hybridized carbons (Fsp3) is 0.367. The van der Waals surface area contributed by atoms with Crippen molar-refractivity contribution in [3.8, 4) is 5.75 Å². The monoisotopic (exact) mass is 556 g/mol. The fourth-order valence-electron chi connectivity index (χ4n) is 6.03. The van der Waals surface area contributed by atoms with Crippen LogP contribution in [0.15, 0.2) is 54.9 Å². The molecule has 41 heavy (non-hydrogen) atoms. The SMILES string of the molecule is COC(=O)C1CN(C(=O)c2cc(N3CCC(N4CCc5cc(OC)ccc5NC4=O)CC3)ncn2)c2ccccc21. The van der Waals surface area contributed by atoms with Crippen LogP contribution >= 0.6 is 0 Å². The van der Waals surface area contributed by atoms with Gasteiger partial charge in [-0.1, -0.05) is 18.2 Å². The highest BCUT2D eigenvalue weighted by molar-refractivity contribution is 6.08. The maximum absolute atomic E-state index is 13.6. The minimum atomic E-state index is -0.536. The number of ether oxygens (including phenoxy) is 2. The lowest BCUT2D eigenvalue weighted by atomic mass is 10.0. The van der Waals surface area contributed by atoms with Crippen molar-refractivity contribution in [1.29, 1.82) is 0 Å². The third kappa shape index (κ3) is 5.03. The molecule has 1 saturated heterocycles. The molecule has 3 aliphatic rings. The predicted octanol–water partition coefficient (Wildman–Crippen LogP) is 3.46. The van der Waals surface area contributed by atoms with Crippen molar-refractivity contribution in [3.63, 3.8) is 0 Å². The lowest BCUT2D eigenvalue weighted by Crippen LogP contribution is -2.49. The molecule has 3 aromatic rings. The van der Waals surface area contributed by atoms with Gasteiger partial charge in [-0.2, -0.15) is 0 Å². The first-order chi connectivity index (χ1) is 20.0. The number of carbonyl (C=O) groups excluding carboxylic acids is 3. The Balaban J connectivity index is 1.12. The molecule has 0 bridgehead atoms. The normalized spacial score (nSPS) is 18.7. The van der Waals surface area contributed by atoms with E-state index >= 15 is 0 Å². The van der Waals surface area contributed by atoms with Crippen LogP contribution in [-0.2, 0) is 16.0 Å². The van der Waals surface area contributed by atoms with Gasteiger partial charge in [-0.15, -0.1) is 0 Å². The first kappa shape index (κ1) is 26.5. The Morgan fingerprint density at radius 3 is 2.59 bits per heavy atom. The zero-order chi connectivity index (χ0) is 28.5. The number of carbonyl (C=O) groups is 3. The van der Waals surface area contributed by atoms with E-state index in [1.807, 2.05) is 47.4 Å². The number of benzene rings is 2. The van der Waals surface area contributed by atoms with E-state index in [1.54, 1.807) is 18.1 Å². The number of amides is 3. The number of nitrogens with zero attached hydrogens (tertiary/aromatic N) is 5. The predicted molar refractivity (Wildman–Crippen MR) is 153 cm³/mol. The lowest BCUT2D eigenvalue weighted by Gasteiger charge is -2.38. The Labute approximate surface area is 238 Å². The Kier molecular flexibility index (Phi) is 7.17. The van der Waals surface area contributed by atoms with E-state index < -0.39 is 5.92 Å². The van der Waals surface area contributed by atoms with Gasteiger partial charge in [0.25, 0.3) is 5.91 Å². The number of aromatic nitrogens is 2. The van der Waals surface area contributed by atoms with Gasteiger partial charge >= 0.3 is 12.0 Å². The molecule has 3 amide bonds. The summed E-state index contributed by atoms with van der Waals surface area (Å²) in [6.07, 6.45) is 3.71. The van der Waals surface area contributed by atoms with Crippen molar-refractivity contribution in [2.75, 3.05) is 55.5 Å². The molecular weight excluding hydrogens is 524 g/mol. The summed E-state index contributed by atoms with van der Waals surface area (Å²) in [7, 11) is 2.99. The average molecular weight is 557 g/mol. The van der Waals surface area contributed by atoms with Gasteiger partial charge in [0.15, 0.2) is 0 Å². The number of para-hydroxylation sites is 1. The van der Waals surface area contributed by atoms with E-state index in [1.165, 1.54) is 13.4 Å². The molecule has 0 spiro atoms. The summed E-state index contributed by atoms with van der Waals surface area (Å²) >= 11 is 0. The summed E-state index contributed by atoms with van der Waals surface area (Å²) in [5, 5.41) is 3.06. The summed E-state index contributed by atoms with van der Waals surface area (Å²) in [5.41, 5.74) is 3.60. The average Bonchev–Trinajstić information content (AvgIpc) is 3.32. The maximum atomic E-state index is 13.6. The van der Waals surface area contributed by atoms with Crippen LogP contribution in [0, 0.1) is 0 Å². The number of methoxy groups -OCH3 is 2. The van der Waals surface area contributed by atoms with Crippen LogP contribution < -0.4 is 19.9 Å². The highest BCUT2D eigenvalue weighted by atomic mass is 16.5. The Bertz CT molecular complexity index is 1490. The molecule has 3 aliphatic heterocycles. The molecule has 1 aromatic heterocycles. The van der Waals surface area contributed by atoms with Crippen molar-refractivity contribution >= 4 is 35.1 Å². The van der Waals surface area contributed by atoms with Crippen LogP contribution in [0.3, 0.4) is 0 Å². The molecule has 212 valence electrons. The highest BCUT2D eigenvalue weighted by Crippen LogP contribution is 2.37. The van der Waals surface area contributed by atoms with Crippen LogP contribution in [0.2, 0.25) is 0 Å². The molecule has 4 heterocycles. The number of hydrogen-bond donors (Lipinski definition) is 1. The topological polar surface area (TPSA) is 117 Å². The van der Waals surface area contributed by atoms with E-state index in [9.17, 15) is 14.4 Å². The van der Waals surface area contributed by atoms with Gasteiger partial charge in [-0.3, -0.25) is 9.59 Å². The van der Waals surface area contributed by atoms with Crippen LogP contribution in [-0.4, -0.2) is 79.2 Å². The van der Waals surface area contributed by atoms with Gasteiger partial charge in [0.05, 0.1) is 14.2 Å². The van der Waals surface area contributed by atoms with Gasteiger partial charge in [-0.25, -0.2) is 14.8 Å². The largest absolute Gasteiger partial charge is 0.497 e. The van der Waals surface area contributed by atoms with Crippen molar-refractivity contribution in [2.24, 2.45) is 0 Å². The second-order valence-electron chi connectivity index (χ2n) is 10.4. The smallest absolute Gasteiger partial charge is 0.322 e. The molecule has 1 unspecified atom stereocenters. The summed E-state index contributed by atoms with van der Waals surface area (Å²) in [6, 6.07) is 14.8. The van der Waals surface area contributed by atoms with Crippen LogP contribution in [0.5, 0.6) is 5.75 Å². The highest BCUT2D eigenvalue weighted by Gasteiger charge is 2.38. The number of nitrogens with one attached hydrogen (secondary N) is 1. The number of piperidine rings is 1. The molecule has 2 aromatic carbocycles. The molecule has 11 heteroatoms. The maximum Gasteiger partial charge on any atom is 0.322 e. The molecule has 0 aliphatic carbocycles. The number of anilines is 3. The second kappa shape index (κ2) is 11.1. The summed E-state index contributed by atoms with van der Waals surface area (Å²) in [4.78, 5) is 53.4. The summed E-state index contributed by atoms with van der Waals surface area (Å²) in [5.74, 6) is 0.241. The van der Waals surface area contributed by atoms with Crippen molar-refractivity contribution in [1.82, 2.24) is 14.9 Å². The van der Waals surface area contributed by atoms with Gasteiger partial charge in [0.1, 0.15) is 29.5 Å². The number of fused-ring (bicyclic) bond motifs is 2. The summed E-state index contributed by atoms with van der Waals surface area (Å²) in [6.45, 7) is 2.21. The minimum Gasteiger partial charge on any atom is -0.497 e. The minimum absolute atomic E-state index is 0.0848. The zero-order valence-corrected chi connectivity index (χ0v) is 23.1. The number of esters is 1. The molecule has 6 rings (SSSR count). The number of hydrogen-bond acceptors (Lipinski definition) is 8.